The number of nitrogens with zero attached hydrogens (tertiary/aromatic N) is 3. The van der Waals surface area contributed by atoms with E-state index in [2.05, 4.69) is 22.0 Å². The Morgan fingerprint density at radius 1 is 1.00 bits per heavy atom. The Kier molecular flexibility index (Phi) is 6.06. The van der Waals surface area contributed by atoms with Crippen LogP contribution in [0.3, 0.4) is 0 Å². The fraction of sp³-hybridized carbons (Fsp3) is 0.333. The van der Waals surface area contributed by atoms with Gasteiger partial charge in [0.2, 0.25) is 0 Å². The van der Waals surface area contributed by atoms with Crippen LogP contribution in [0, 0.1) is 0 Å². The summed E-state index contributed by atoms with van der Waals surface area (Å²) in [5, 5.41) is 0. The molecule has 29 heavy (non-hydrogen) atoms. The fourth-order valence-electron chi connectivity index (χ4n) is 3.93. The van der Waals surface area contributed by atoms with E-state index in [1.807, 2.05) is 48.8 Å². The van der Waals surface area contributed by atoms with Gasteiger partial charge in [-0.3, -0.25) is 9.88 Å². The van der Waals surface area contributed by atoms with E-state index in [0.717, 1.165) is 54.5 Å². The lowest BCUT2D eigenvalue weighted by atomic mass is 9.94. The average molecular weight is 389 g/mol. The lowest BCUT2D eigenvalue weighted by molar-refractivity contribution is 0.198. The Morgan fingerprint density at radius 3 is 2.62 bits per heavy atom. The Morgan fingerprint density at radius 2 is 1.83 bits per heavy atom. The van der Waals surface area contributed by atoms with E-state index in [1.165, 1.54) is 12.0 Å². The highest BCUT2D eigenvalue weighted by Crippen LogP contribution is 2.29. The first kappa shape index (κ1) is 19.4. The molecule has 0 N–H and O–H groups in total. The van der Waals surface area contributed by atoms with Crippen LogP contribution in [-0.4, -0.2) is 42.2 Å². The van der Waals surface area contributed by atoms with Gasteiger partial charge in [-0.2, -0.15) is 0 Å². The first-order valence-electron chi connectivity index (χ1n) is 10.1. The van der Waals surface area contributed by atoms with Crippen LogP contribution in [0.2, 0.25) is 0 Å². The second kappa shape index (κ2) is 9.05. The predicted molar refractivity (Wildman–Crippen MR) is 114 cm³/mol. The second-order valence-corrected chi connectivity index (χ2v) is 7.48. The van der Waals surface area contributed by atoms with E-state index < -0.39 is 0 Å². The largest absolute Gasteiger partial charge is 0.497 e. The number of aromatic nitrogens is 2. The summed E-state index contributed by atoms with van der Waals surface area (Å²) >= 11 is 0. The molecular weight excluding hydrogens is 362 g/mol. The summed E-state index contributed by atoms with van der Waals surface area (Å²) in [6.45, 7) is 3.07. The Hall–Kier alpha value is -2.92. The van der Waals surface area contributed by atoms with Crippen molar-refractivity contribution in [1.29, 1.82) is 0 Å². The summed E-state index contributed by atoms with van der Waals surface area (Å²) in [6, 6.07) is 16.3. The molecule has 1 aliphatic heterocycles. The molecule has 150 valence electrons. The first-order chi connectivity index (χ1) is 14.2. The SMILES string of the molecule is COc1ccc(CN2CCCC(c3cncc(-c4cccc(OC)c4)n3)C2)cc1. The van der Waals surface area contributed by atoms with Crippen molar-refractivity contribution in [3.63, 3.8) is 0 Å². The van der Waals surface area contributed by atoms with Crippen molar-refractivity contribution in [3.8, 4) is 22.8 Å². The minimum atomic E-state index is 0.403. The molecule has 2 aromatic carbocycles. The maximum Gasteiger partial charge on any atom is 0.119 e. The van der Waals surface area contributed by atoms with Gasteiger partial charge >= 0.3 is 0 Å². The number of methoxy groups -OCH3 is 2. The Bertz CT molecular complexity index is 943. The van der Waals surface area contributed by atoms with Crippen LogP contribution in [0.1, 0.15) is 30.0 Å². The van der Waals surface area contributed by atoms with Gasteiger partial charge in [0.25, 0.3) is 0 Å². The van der Waals surface area contributed by atoms with Gasteiger partial charge in [-0.1, -0.05) is 24.3 Å². The van der Waals surface area contributed by atoms with Crippen LogP contribution in [0.4, 0.5) is 0 Å². The monoisotopic (exact) mass is 389 g/mol. The molecule has 5 heteroatoms. The van der Waals surface area contributed by atoms with Crippen molar-refractivity contribution in [2.45, 2.75) is 25.3 Å². The number of rotatable bonds is 6. The van der Waals surface area contributed by atoms with Gasteiger partial charge in [0, 0.05) is 30.8 Å². The lowest BCUT2D eigenvalue weighted by Gasteiger charge is -2.32. The normalized spacial score (nSPS) is 17.1. The van der Waals surface area contributed by atoms with E-state index in [0.29, 0.717) is 5.92 Å². The summed E-state index contributed by atoms with van der Waals surface area (Å²) in [5.74, 6) is 2.13. The molecule has 0 spiro atoms. The minimum absolute atomic E-state index is 0.403. The molecule has 2 heterocycles. The molecular formula is C24H27N3O2. The molecule has 1 aromatic heterocycles. The van der Waals surface area contributed by atoms with Crippen LogP contribution in [-0.2, 0) is 6.54 Å². The highest BCUT2D eigenvalue weighted by Gasteiger charge is 2.23. The van der Waals surface area contributed by atoms with Gasteiger partial charge in [0.1, 0.15) is 11.5 Å². The molecule has 0 radical (unpaired) electrons. The van der Waals surface area contributed by atoms with Crippen LogP contribution in [0.15, 0.2) is 60.9 Å². The van der Waals surface area contributed by atoms with Gasteiger partial charge in [-0.15, -0.1) is 0 Å². The molecule has 1 fully saturated rings. The zero-order valence-electron chi connectivity index (χ0n) is 17.0. The average Bonchev–Trinajstić information content (AvgIpc) is 2.80. The quantitative estimate of drug-likeness (QED) is 0.619. The number of piperidine rings is 1. The Labute approximate surface area is 172 Å². The van der Waals surface area contributed by atoms with Crippen molar-refractivity contribution in [1.82, 2.24) is 14.9 Å². The Balaban J connectivity index is 1.47. The molecule has 1 saturated heterocycles. The van der Waals surface area contributed by atoms with E-state index in [9.17, 15) is 0 Å². The highest BCUT2D eigenvalue weighted by atomic mass is 16.5. The van der Waals surface area contributed by atoms with E-state index in [1.54, 1.807) is 14.2 Å². The van der Waals surface area contributed by atoms with E-state index in [4.69, 9.17) is 14.5 Å². The zero-order chi connectivity index (χ0) is 20.1. The second-order valence-electron chi connectivity index (χ2n) is 7.48. The van der Waals surface area contributed by atoms with Crippen LogP contribution >= 0.6 is 0 Å². The van der Waals surface area contributed by atoms with Gasteiger partial charge in [0.05, 0.1) is 31.8 Å². The third kappa shape index (κ3) is 4.74. The first-order valence-corrected chi connectivity index (χ1v) is 10.1. The molecule has 4 rings (SSSR count). The smallest absolute Gasteiger partial charge is 0.119 e. The van der Waals surface area contributed by atoms with Gasteiger partial charge < -0.3 is 9.47 Å². The van der Waals surface area contributed by atoms with E-state index in [-0.39, 0.29) is 0 Å². The summed E-state index contributed by atoms with van der Waals surface area (Å²) in [6.07, 6.45) is 6.07. The minimum Gasteiger partial charge on any atom is -0.497 e. The highest BCUT2D eigenvalue weighted by molar-refractivity contribution is 5.60. The number of hydrogen-bond acceptors (Lipinski definition) is 5. The number of benzene rings is 2. The fourth-order valence-corrected chi connectivity index (χ4v) is 3.93. The molecule has 0 aliphatic carbocycles. The van der Waals surface area contributed by atoms with Crippen LogP contribution in [0.25, 0.3) is 11.3 Å². The standard InChI is InChI=1S/C24H27N3O2/c1-28-21-10-8-18(9-11-21)16-27-12-4-6-20(17-27)24-15-25-14-23(26-24)19-5-3-7-22(13-19)29-2/h3,5,7-11,13-15,20H,4,6,12,16-17H2,1-2H3. The molecule has 5 nitrogen and oxygen atoms in total. The van der Waals surface area contributed by atoms with Crippen LogP contribution < -0.4 is 9.47 Å². The van der Waals surface area contributed by atoms with Gasteiger partial charge in [-0.05, 0) is 49.2 Å². The third-order valence-electron chi connectivity index (χ3n) is 5.51. The maximum atomic E-state index is 5.35. The molecule has 0 saturated carbocycles. The maximum absolute atomic E-state index is 5.35. The van der Waals surface area contributed by atoms with Crippen molar-refractivity contribution in [2.75, 3.05) is 27.3 Å². The molecule has 3 aromatic rings. The summed E-state index contributed by atoms with van der Waals surface area (Å²) in [4.78, 5) is 11.9. The van der Waals surface area contributed by atoms with Gasteiger partial charge in [-0.25, -0.2) is 4.98 Å². The summed E-state index contributed by atoms with van der Waals surface area (Å²) in [7, 11) is 3.38. The number of likely N-dealkylation sites (tertiary alicyclic amines) is 1. The molecule has 1 atom stereocenters. The topological polar surface area (TPSA) is 47.5 Å². The van der Waals surface area contributed by atoms with Crippen molar-refractivity contribution in [3.05, 3.63) is 72.2 Å². The van der Waals surface area contributed by atoms with Crippen molar-refractivity contribution in [2.24, 2.45) is 0 Å². The van der Waals surface area contributed by atoms with Gasteiger partial charge in [0.15, 0.2) is 0 Å². The summed E-state index contributed by atoms with van der Waals surface area (Å²) < 4.78 is 10.6. The number of ether oxygens (including phenoxy) is 2. The van der Waals surface area contributed by atoms with Crippen molar-refractivity contribution < 1.29 is 9.47 Å². The number of hydrogen-bond donors (Lipinski definition) is 0. The summed E-state index contributed by atoms with van der Waals surface area (Å²) in [5.41, 5.74) is 4.31. The lowest BCUT2D eigenvalue weighted by Crippen LogP contribution is -2.34. The molecule has 0 bridgehead atoms. The third-order valence-corrected chi connectivity index (χ3v) is 5.51. The molecule has 1 unspecified atom stereocenters. The van der Waals surface area contributed by atoms with E-state index >= 15 is 0 Å². The van der Waals surface area contributed by atoms with Crippen molar-refractivity contribution >= 4 is 0 Å². The van der Waals surface area contributed by atoms with Crippen LogP contribution in [0.5, 0.6) is 11.5 Å². The molecule has 1 aliphatic rings. The zero-order valence-corrected chi connectivity index (χ0v) is 17.0. The predicted octanol–water partition coefficient (Wildman–Crippen LogP) is 4.54. The molecule has 0 amide bonds.